The maximum atomic E-state index is 13.5. The number of anilines is 1. The molecule has 3 aromatic rings. The Morgan fingerprint density at radius 2 is 1.71 bits per heavy atom. The Labute approximate surface area is 205 Å². The molecule has 8 heteroatoms. The summed E-state index contributed by atoms with van der Waals surface area (Å²) in [6, 6.07) is 15.0. The molecule has 1 heterocycles. The molecule has 0 radical (unpaired) electrons. The third-order valence-electron chi connectivity index (χ3n) is 6.96. The Hall–Kier alpha value is -3.68. The molecule has 0 unspecified atom stereocenters. The van der Waals surface area contributed by atoms with E-state index in [0.717, 1.165) is 16.5 Å². The topological polar surface area (TPSA) is 105 Å². The first kappa shape index (κ1) is 24.4. The van der Waals surface area contributed by atoms with Crippen molar-refractivity contribution in [3.63, 3.8) is 0 Å². The van der Waals surface area contributed by atoms with Gasteiger partial charge in [-0.05, 0) is 49.1 Å². The van der Waals surface area contributed by atoms with Crippen LogP contribution in [0.5, 0.6) is 5.75 Å². The summed E-state index contributed by atoms with van der Waals surface area (Å²) in [5.41, 5.74) is -1.29. The molecule has 1 fully saturated rings. The molecule has 0 spiro atoms. The molecule has 2 aromatic carbocycles. The Kier molecular flexibility index (Phi) is 7.19. The van der Waals surface area contributed by atoms with E-state index < -0.39 is 17.6 Å². The minimum atomic E-state index is -1.29. The van der Waals surface area contributed by atoms with Gasteiger partial charge in [-0.1, -0.05) is 50.2 Å². The largest absolute Gasteiger partial charge is 0.490 e. The quantitative estimate of drug-likeness (QED) is 0.497. The van der Waals surface area contributed by atoms with Crippen LogP contribution in [0.15, 0.2) is 60.9 Å². The van der Waals surface area contributed by atoms with Crippen LogP contribution in [0.1, 0.15) is 39.5 Å². The van der Waals surface area contributed by atoms with Gasteiger partial charge in [0.1, 0.15) is 17.3 Å². The van der Waals surface area contributed by atoms with Crippen LogP contribution in [-0.4, -0.2) is 56.6 Å². The summed E-state index contributed by atoms with van der Waals surface area (Å²) in [6.45, 7) is 3.82. The van der Waals surface area contributed by atoms with Gasteiger partial charge in [0.15, 0.2) is 0 Å². The second-order valence-corrected chi connectivity index (χ2v) is 9.47. The van der Waals surface area contributed by atoms with E-state index in [1.54, 1.807) is 25.5 Å². The van der Waals surface area contributed by atoms with Crippen molar-refractivity contribution >= 4 is 28.6 Å². The van der Waals surface area contributed by atoms with Crippen molar-refractivity contribution in [3.05, 3.63) is 60.9 Å². The predicted molar refractivity (Wildman–Crippen MR) is 134 cm³/mol. The predicted octanol–water partition coefficient (Wildman–Crippen LogP) is 4.37. The summed E-state index contributed by atoms with van der Waals surface area (Å²) in [7, 11) is 1.59. The average molecular weight is 477 g/mol. The van der Waals surface area contributed by atoms with Crippen molar-refractivity contribution in [1.29, 1.82) is 0 Å². The molecule has 1 saturated carbocycles. The zero-order chi connectivity index (χ0) is 25.0. The van der Waals surface area contributed by atoms with E-state index in [1.807, 2.05) is 56.3 Å². The van der Waals surface area contributed by atoms with Crippen LogP contribution in [0.2, 0.25) is 0 Å². The van der Waals surface area contributed by atoms with Crippen LogP contribution >= 0.6 is 0 Å². The third kappa shape index (κ3) is 5.06. The van der Waals surface area contributed by atoms with Crippen molar-refractivity contribution in [1.82, 2.24) is 14.9 Å². The van der Waals surface area contributed by atoms with Gasteiger partial charge in [0.2, 0.25) is 11.9 Å². The van der Waals surface area contributed by atoms with Crippen molar-refractivity contribution in [2.45, 2.75) is 57.2 Å². The number of aliphatic carboxylic acids is 1. The van der Waals surface area contributed by atoms with Gasteiger partial charge in [-0.15, -0.1) is 0 Å². The number of likely N-dealkylation sites (N-methyl/N-ethyl adjacent to an activating group) is 1. The van der Waals surface area contributed by atoms with Crippen LogP contribution in [-0.2, 0) is 9.59 Å². The molecular weight excluding hydrogens is 444 g/mol. The molecule has 184 valence electrons. The second-order valence-electron chi connectivity index (χ2n) is 9.47. The van der Waals surface area contributed by atoms with Gasteiger partial charge >= 0.3 is 5.97 Å². The molecule has 1 amide bonds. The van der Waals surface area contributed by atoms with Crippen molar-refractivity contribution in [2.75, 3.05) is 12.4 Å². The number of fused-ring (bicyclic) bond motifs is 1. The molecule has 0 saturated heterocycles. The van der Waals surface area contributed by atoms with Crippen LogP contribution in [0, 0.1) is 5.92 Å². The highest BCUT2D eigenvalue weighted by Crippen LogP contribution is 2.37. The van der Waals surface area contributed by atoms with Crippen LogP contribution in [0.3, 0.4) is 0 Å². The van der Waals surface area contributed by atoms with E-state index in [1.165, 1.54) is 4.90 Å². The molecule has 1 atom stereocenters. The SMILES string of the molecule is CC(C)[C@H](Nc1ncccn1)C(=O)N(C)C1(C(=O)O)CCC(Oc2cccc3ccccc23)CC1. The highest BCUT2D eigenvalue weighted by molar-refractivity contribution is 5.91. The van der Waals surface area contributed by atoms with E-state index in [2.05, 4.69) is 15.3 Å². The number of nitrogens with one attached hydrogen (secondary N) is 1. The molecular formula is C27H32N4O4. The highest BCUT2D eigenvalue weighted by atomic mass is 16.5. The fourth-order valence-electron chi connectivity index (χ4n) is 4.80. The molecule has 1 aliphatic carbocycles. The minimum absolute atomic E-state index is 0.0920. The number of carboxylic acids is 1. The monoisotopic (exact) mass is 476 g/mol. The number of benzene rings is 2. The number of carbonyl (C=O) groups is 2. The van der Waals surface area contributed by atoms with Crippen LogP contribution < -0.4 is 10.1 Å². The number of hydrogen-bond donors (Lipinski definition) is 2. The summed E-state index contributed by atoms with van der Waals surface area (Å²) in [6.07, 6.45) is 4.77. The average Bonchev–Trinajstić information content (AvgIpc) is 2.87. The van der Waals surface area contributed by atoms with E-state index >= 15 is 0 Å². The normalized spacial score (nSPS) is 20.9. The van der Waals surface area contributed by atoms with E-state index in [-0.39, 0.29) is 17.9 Å². The lowest BCUT2D eigenvalue weighted by molar-refractivity contribution is -0.162. The van der Waals surface area contributed by atoms with Gasteiger partial charge < -0.3 is 20.1 Å². The van der Waals surface area contributed by atoms with Crippen molar-refractivity contribution < 1.29 is 19.4 Å². The fraction of sp³-hybridized carbons (Fsp3) is 0.407. The Bertz CT molecular complexity index is 1170. The molecule has 35 heavy (non-hydrogen) atoms. The van der Waals surface area contributed by atoms with E-state index in [9.17, 15) is 14.7 Å². The summed E-state index contributed by atoms with van der Waals surface area (Å²) in [5, 5.41) is 15.5. The van der Waals surface area contributed by atoms with Gasteiger partial charge in [0.05, 0.1) is 6.10 Å². The minimum Gasteiger partial charge on any atom is -0.490 e. The zero-order valence-electron chi connectivity index (χ0n) is 20.3. The van der Waals surface area contributed by atoms with Crippen LogP contribution in [0.4, 0.5) is 5.95 Å². The number of hydrogen-bond acceptors (Lipinski definition) is 6. The van der Waals surface area contributed by atoms with Gasteiger partial charge in [-0.25, -0.2) is 14.8 Å². The zero-order valence-corrected chi connectivity index (χ0v) is 20.3. The Morgan fingerprint density at radius 3 is 2.37 bits per heavy atom. The highest BCUT2D eigenvalue weighted by Gasteiger charge is 2.49. The first-order chi connectivity index (χ1) is 16.8. The van der Waals surface area contributed by atoms with Crippen molar-refractivity contribution in [2.24, 2.45) is 5.92 Å². The lowest BCUT2D eigenvalue weighted by atomic mass is 9.78. The molecule has 0 aliphatic heterocycles. The van der Waals surface area contributed by atoms with Gasteiger partial charge in [-0.3, -0.25) is 4.79 Å². The first-order valence-electron chi connectivity index (χ1n) is 12.0. The Morgan fingerprint density at radius 1 is 1.06 bits per heavy atom. The van der Waals surface area contributed by atoms with Gasteiger partial charge in [-0.2, -0.15) is 0 Å². The summed E-state index contributed by atoms with van der Waals surface area (Å²) in [4.78, 5) is 35.8. The molecule has 2 N–H and O–H groups in total. The summed E-state index contributed by atoms with van der Waals surface area (Å²) < 4.78 is 6.32. The lowest BCUT2D eigenvalue weighted by Crippen LogP contribution is -2.61. The number of rotatable bonds is 8. The maximum absolute atomic E-state index is 13.5. The molecule has 4 rings (SSSR count). The second kappa shape index (κ2) is 10.3. The maximum Gasteiger partial charge on any atom is 0.329 e. The summed E-state index contributed by atoms with van der Waals surface area (Å²) in [5.74, 6) is -0.235. The third-order valence-corrected chi connectivity index (χ3v) is 6.96. The molecule has 1 aromatic heterocycles. The van der Waals surface area contributed by atoms with Gasteiger partial charge in [0.25, 0.3) is 0 Å². The number of amides is 1. The number of ether oxygens (including phenoxy) is 1. The standard InChI is InChI=1S/C27H32N4O4/c1-18(2)23(30-26-28-16-7-17-29-26)24(32)31(3)27(25(33)34)14-12-20(13-15-27)35-22-11-6-9-19-8-4-5-10-21(19)22/h4-11,16-18,20,23H,12-15H2,1-3H3,(H,33,34)(H,28,29,30)/t20?,23-,27?/m0/s1. The fourth-order valence-corrected chi connectivity index (χ4v) is 4.80. The molecule has 1 aliphatic rings. The van der Waals surface area contributed by atoms with E-state index in [0.29, 0.717) is 31.6 Å². The number of carbonyl (C=O) groups excluding carboxylic acids is 1. The molecule has 8 nitrogen and oxygen atoms in total. The summed E-state index contributed by atoms with van der Waals surface area (Å²) >= 11 is 0. The van der Waals surface area contributed by atoms with Crippen LogP contribution in [0.25, 0.3) is 10.8 Å². The van der Waals surface area contributed by atoms with Gasteiger partial charge in [0, 0.05) is 24.8 Å². The smallest absolute Gasteiger partial charge is 0.329 e. The Balaban J connectivity index is 1.48. The number of carboxylic acid groups (broad SMARTS) is 1. The molecule has 0 bridgehead atoms. The lowest BCUT2D eigenvalue weighted by Gasteiger charge is -2.44. The first-order valence-corrected chi connectivity index (χ1v) is 12.0. The number of aromatic nitrogens is 2. The van der Waals surface area contributed by atoms with E-state index in [4.69, 9.17) is 4.74 Å². The number of nitrogens with zero attached hydrogens (tertiary/aromatic N) is 3. The van der Waals surface area contributed by atoms with Crippen molar-refractivity contribution in [3.8, 4) is 5.75 Å².